The molecule has 1 fully saturated rings. The van der Waals surface area contributed by atoms with Crippen LogP contribution in [0, 0.1) is 0 Å². The number of thioether (sulfide) groups is 1. The summed E-state index contributed by atoms with van der Waals surface area (Å²) in [5.41, 5.74) is 4.22. The van der Waals surface area contributed by atoms with E-state index in [1.54, 1.807) is 11.8 Å². The summed E-state index contributed by atoms with van der Waals surface area (Å²) in [4.78, 5) is 35.6. The topological polar surface area (TPSA) is 75.3 Å². The molecule has 1 aliphatic heterocycles. The van der Waals surface area contributed by atoms with E-state index in [0.29, 0.717) is 12.2 Å². The van der Waals surface area contributed by atoms with Gasteiger partial charge in [-0.25, -0.2) is 0 Å². The van der Waals surface area contributed by atoms with E-state index in [2.05, 4.69) is 10.6 Å². The first-order chi connectivity index (χ1) is 13.2. The standard InChI is InChI=1S/C21H20N2O3S/c24-11-13-12-27-19(22-13)10-9-18(25)21(26)23-20-16-7-3-1-5-14(16)15-6-2-4-8-17(15)20/h1-8,11,13,19-20,22H,9-10,12H2,(H,23,26)/t13-,19?/m1/s1. The Morgan fingerprint density at radius 1 is 1.07 bits per heavy atom. The fourth-order valence-corrected chi connectivity index (χ4v) is 4.87. The smallest absolute Gasteiger partial charge is 0.288 e. The predicted molar refractivity (Wildman–Crippen MR) is 105 cm³/mol. The summed E-state index contributed by atoms with van der Waals surface area (Å²) in [5, 5.41) is 6.11. The van der Waals surface area contributed by atoms with Gasteiger partial charge in [0.15, 0.2) is 0 Å². The second kappa shape index (κ2) is 7.66. The van der Waals surface area contributed by atoms with Crippen LogP contribution in [0.2, 0.25) is 0 Å². The summed E-state index contributed by atoms with van der Waals surface area (Å²) in [6.45, 7) is 0. The van der Waals surface area contributed by atoms with Gasteiger partial charge in [-0.3, -0.25) is 14.9 Å². The number of carbonyl (C=O) groups is 3. The third-order valence-corrected chi connectivity index (χ3v) is 6.36. The lowest BCUT2D eigenvalue weighted by Crippen LogP contribution is -2.35. The van der Waals surface area contributed by atoms with Gasteiger partial charge in [-0.1, -0.05) is 48.5 Å². The molecule has 27 heavy (non-hydrogen) atoms. The van der Waals surface area contributed by atoms with E-state index in [4.69, 9.17) is 0 Å². The summed E-state index contributed by atoms with van der Waals surface area (Å²) >= 11 is 1.62. The highest BCUT2D eigenvalue weighted by Gasteiger charge is 2.31. The molecule has 2 aromatic rings. The number of ketones is 1. The number of amides is 1. The summed E-state index contributed by atoms with van der Waals surface area (Å²) in [6, 6.07) is 15.4. The van der Waals surface area contributed by atoms with E-state index >= 15 is 0 Å². The van der Waals surface area contributed by atoms with Crippen molar-refractivity contribution in [1.82, 2.24) is 10.6 Å². The Morgan fingerprint density at radius 2 is 1.70 bits per heavy atom. The Hall–Kier alpha value is -2.44. The third kappa shape index (κ3) is 3.55. The number of rotatable bonds is 6. The third-order valence-electron chi connectivity index (χ3n) is 5.04. The minimum absolute atomic E-state index is 0.0462. The first-order valence-electron chi connectivity index (χ1n) is 9.02. The largest absolute Gasteiger partial charge is 0.339 e. The van der Waals surface area contributed by atoms with Gasteiger partial charge < -0.3 is 10.1 Å². The monoisotopic (exact) mass is 380 g/mol. The first-order valence-corrected chi connectivity index (χ1v) is 10.1. The molecule has 6 heteroatoms. The van der Waals surface area contributed by atoms with Gasteiger partial charge in [-0.15, -0.1) is 11.8 Å². The van der Waals surface area contributed by atoms with Crippen LogP contribution in [-0.4, -0.2) is 35.1 Å². The molecule has 1 unspecified atom stereocenters. The molecule has 1 saturated heterocycles. The zero-order valence-corrected chi connectivity index (χ0v) is 15.5. The number of fused-ring (bicyclic) bond motifs is 3. The Balaban J connectivity index is 1.42. The Kier molecular flexibility index (Phi) is 5.09. The van der Waals surface area contributed by atoms with E-state index in [1.807, 2.05) is 48.5 Å². The SMILES string of the molecule is O=C[C@@H]1CSC(CCC(=O)C(=O)NC2c3ccccc3-c3ccccc32)N1. The molecule has 1 amide bonds. The predicted octanol–water partition coefficient (Wildman–Crippen LogP) is 2.45. The van der Waals surface area contributed by atoms with Crippen LogP contribution < -0.4 is 10.6 Å². The lowest BCUT2D eigenvalue weighted by molar-refractivity contribution is -0.138. The molecule has 0 saturated carbocycles. The van der Waals surface area contributed by atoms with Crippen LogP contribution in [-0.2, 0) is 14.4 Å². The van der Waals surface area contributed by atoms with Gasteiger partial charge in [-0.05, 0) is 28.7 Å². The fraction of sp³-hybridized carbons (Fsp3) is 0.286. The minimum Gasteiger partial charge on any atom is -0.339 e. The summed E-state index contributed by atoms with van der Waals surface area (Å²) in [6.07, 6.45) is 1.59. The van der Waals surface area contributed by atoms with Gasteiger partial charge in [-0.2, -0.15) is 0 Å². The number of hydrogen-bond donors (Lipinski definition) is 2. The van der Waals surface area contributed by atoms with Crippen LogP contribution in [0.15, 0.2) is 48.5 Å². The van der Waals surface area contributed by atoms with Crippen molar-refractivity contribution in [3.05, 3.63) is 59.7 Å². The zero-order chi connectivity index (χ0) is 18.8. The maximum atomic E-state index is 12.5. The van der Waals surface area contributed by atoms with Gasteiger partial charge in [0, 0.05) is 12.2 Å². The lowest BCUT2D eigenvalue weighted by atomic mass is 10.0. The molecular formula is C21H20N2O3S. The highest BCUT2D eigenvalue weighted by Crippen LogP contribution is 2.42. The zero-order valence-electron chi connectivity index (χ0n) is 14.7. The van der Waals surface area contributed by atoms with Crippen molar-refractivity contribution >= 4 is 29.7 Å². The van der Waals surface area contributed by atoms with Crippen LogP contribution >= 0.6 is 11.8 Å². The summed E-state index contributed by atoms with van der Waals surface area (Å²) < 4.78 is 0. The summed E-state index contributed by atoms with van der Waals surface area (Å²) in [5.74, 6) is -0.264. The van der Waals surface area contributed by atoms with E-state index in [-0.39, 0.29) is 23.9 Å². The highest BCUT2D eigenvalue weighted by atomic mass is 32.2. The maximum Gasteiger partial charge on any atom is 0.288 e. The van der Waals surface area contributed by atoms with Gasteiger partial charge in [0.1, 0.15) is 6.29 Å². The molecule has 0 bridgehead atoms. The fourth-order valence-electron chi connectivity index (χ4n) is 3.70. The van der Waals surface area contributed by atoms with E-state index in [1.165, 1.54) is 0 Å². The Bertz CT molecular complexity index is 853. The van der Waals surface area contributed by atoms with E-state index in [9.17, 15) is 14.4 Å². The number of hydrogen-bond acceptors (Lipinski definition) is 5. The molecule has 5 nitrogen and oxygen atoms in total. The van der Waals surface area contributed by atoms with E-state index in [0.717, 1.165) is 28.5 Å². The molecule has 1 aliphatic carbocycles. The summed E-state index contributed by atoms with van der Waals surface area (Å²) in [7, 11) is 0. The minimum atomic E-state index is -0.554. The van der Waals surface area contributed by atoms with Crippen molar-refractivity contribution in [2.75, 3.05) is 5.75 Å². The van der Waals surface area contributed by atoms with E-state index < -0.39 is 11.7 Å². The van der Waals surface area contributed by atoms with Crippen LogP contribution in [0.3, 0.4) is 0 Å². The van der Waals surface area contributed by atoms with Gasteiger partial charge in [0.2, 0.25) is 5.78 Å². The molecule has 2 aromatic carbocycles. The second-order valence-corrected chi connectivity index (χ2v) is 8.01. The van der Waals surface area contributed by atoms with Crippen molar-refractivity contribution in [1.29, 1.82) is 0 Å². The van der Waals surface area contributed by atoms with Crippen molar-refractivity contribution in [2.24, 2.45) is 0 Å². The van der Waals surface area contributed by atoms with Crippen molar-refractivity contribution in [3.63, 3.8) is 0 Å². The van der Waals surface area contributed by atoms with Gasteiger partial charge >= 0.3 is 0 Å². The number of benzene rings is 2. The van der Waals surface area contributed by atoms with Crippen molar-refractivity contribution < 1.29 is 14.4 Å². The second-order valence-electron chi connectivity index (χ2n) is 6.77. The number of nitrogens with one attached hydrogen (secondary N) is 2. The van der Waals surface area contributed by atoms with Crippen LogP contribution in [0.1, 0.15) is 30.0 Å². The Labute approximate surface area is 161 Å². The highest BCUT2D eigenvalue weighted by molar-refractivity contribution is 8.00. The quantitative estimate of drug-likeness (QED) is 0.595. The molecule has 2 atom stereocenters. The number of aldehydes is 1. The number of Topliss-reactive ketones (excluding diaryl/α,β-unsaturated/α-hetero) is 1. The molecule has 138 valence electrons. The maximum absolute atomic E-state index is 12.5. The van der Waals surface area contributed by atoms with Gasteiger partial charge in [0.05, 0.1) is 17.5 Å². The van der Waals surface area contributed by atoms with Gasteiger partial charge in [0.25, 0.3) is 5.91 Å². The molecular weight excluding hydrogens is 360 g/mol. The lowest BCUT2D eigenvalue weighted by Gasteiger charge is -2.16. The first kappa shape index (κ1) is 17.9. The number of carbonyl (C=O) groups excluding carboxylic acids is 3. The van der Waals surface area contributed by atoms with Crippen molar-refractivity contribution in [3.8, 4) is 11.1 Å². The van der Waals surface area contributed by atoms with Crippen LogP contribution in [0.5, 0.6) is 0 Å². The normalized spacial score (nSPS) is 20.7. The Morgan fingerprint density at radius 3 is 2.30 bits per heavy atom. The molecule has 0 aromatic heterocycles. The van der Waals surface area contributed by atoms with Crippen LogP contribution in [0.25, 0.3) is 11.1 Å². The van der Waals surface area contributed by atoms with Crippen LogP contribution in [0.4, 0.5) is 0 Å². The molecule has 2 N–H and O–H groups in total. The molecule has 4 rings (SSSR count). The molecule has 1 heterocycles. The molecule has 0 spiro atoms. The molecule has 0 radical (unpaired) electrons. The average Bonchev–Trinajstić information content (AvgIpc) is 3.29. The molecule has 2 aliphatic rings. The van der Waals surface area contributed by atoms with Crippen molar-refractivity contribution in [2.45, 2.75) is 30.3 Å². The average molecular weight is 380 g/mol.